The summed E-state index contributed by atoms with van der Waals surface area (Å²) < 4.78 is 31.2. The van der Waals surface area contributed by atoms with Crippen molar-refractivity contribution in [2.24, 2.45) is 0 Å². The van der Waals surface area contributed by atoms with Crippen LogP contribution in [0.5, 0.6) is 5.75 Å². The second-order valence-corrected chi connectivity index (χ2v) is 4.88. The van der Waals surface area contributed by atoms with Crippen LogP contribution >= 0.6 is 0 Å². The lowest BCUT2D eigenvalue weighted by atomic mass is 10.2. The molecule has 1 saturated carbocycles. The maximum atomic E-state index is 13.0. The first-order valence-corrected chi connectivity index (χ1v) is 6.50. The molecule has 0 aromatic heterocycles. The zero-order valence-corrected chi connectivity index (χ0v) is 10.6. The van der Waals surface area contributed by atoms with Gasteiger partial charge in [-0.3, -0.25) is 0 Å². The molecular weight excluding hydrogens is 236 g/mol. The number of benzene rings is 1. The molecule has 4 heteroatoms. The molecule has 1 aliphatic carbocycles. The summed E-state index contributed by atoms with van der Waals surface area (Å²) in [6, 6.07) is 4.37. The molecular formula is C14H19F2NO. The number of halogens is 2. The van der Waals surface area contributed by atoms with Crippen LogP contribution in [0.15, 0.2) is 18.2 Å². The lowest BCUT2D eigenvalue weighted by molar-refractivity contribution is 0.206. The average molecular weight is 255 g/mol. The van der Waals surface area contributed by atoms with E-state index in [0.29, 0.717) is 5.75 Å². The fourth-order valence-electron chi connectivity index (χ4n) is 1.82. The molecule has 0 radical (unpaired) electrons. The number of nitrogens with one attached hydrogen (secondary N) is 1. The molecule has 1 aromatic rings. The molecule has 18 heavy (non-hydrogen) atoms. The molecule has 1 aliphatic rings. The van der Waals surface area contributed by atoms with Crippen LogP contribution in [0.25, 0.3) is 0 Å². The summed E-state index contributed by atoms with van der Waals surface area (Å²) in [5.74, 6) is -1.32. The Kier molecular flexibility index (Phi) is 4.53. The summed E-state index contributed by atoms with van der Waals surface area (Å²) >= 11 is 0. The first kappa shape index (κ1) is 13.3. The standard InChI is InChI=1S/C14H19F2NO/c1-10(3-2-8-17-11-4-5-11)18-12-6-7-13(15)14(16)9-12/h6-7,9-11,17H,2-5,8H2,1H3. The van der Waals surface area contributed by atoms with E-state index < -0.39 is 11.6 Å². The van der Waals surface area contributed by atoms with E-state index in [2.05, 4.69) is 5.32 Å². The lowest BCUT2D eigenvalue weighted by Gasteiger charge is -2.14. The second kappa shape index (κ2) is 6.14. The summed E-state index contributed by atoms with van der Waals surface area (Å²) in [4.78, 5) is 0. The molecule has 0 aliphatic heterocycles. The van der Waals surface area contributed by atoms with Crippen molar-refractivity contribution in [1.82, 2.24) is 5.32 Å². The Morgan fingerprint density at radius 1 is 1.33 bits per heavy atom. The normalized spacial score (nSPS) is 16.6. The number of ether oxygens (including phenoxy) is 1. The van der Waals surface area contributed by atoms with E-state index in [-0.39, 0.29) is 6.10 Å². The van der Waals surface area contributed by atoms with Gasteiger partial charge in [0.1, 0.15) is 5.75 Å². The average Bonchev–Trinajstić information content (AvgIpc) is 3.14. The van der Waals surface area contributed by atoms with Crippen LogP contribution in [0.4, 0.5) is 8.78 Å². The molecule has 0 spiro atoms. The Bertz CT molecular complexity index is 393. The maximum Gasteiger partial charge on any atom is 0.162 e. The zero-order valence-electron chi connectivity index (χ0n) is 10.6. The predicted octanol–water partition coefficient (Wildman–Crippen LogP) is 3.26. The minimum atomic E-state index is -0.866. The minimum Gasteiger partial charge on any atom is -0.491 e. The van der Waals surface area contributed by atoms with E-state index >= 15 is 0 Å². The van der Waals surface area contributed by atoms with Gasteiger partial charge in [0.15, 0.2) is 11.6 Å². The number of hydrogen-bond acceptors (Lipinski definition) is 2. The Labute approximate surface area is 106 Å². The van der Waals surface area contributed by atoms with Crippen LogP contribution < -0.4 is 10.1 Å². The third-order valence-electron chi connectivity index (χ3n) is 3.03. The van der Waals surface area contributed by atoms with Crippen molar-refractivity contribution < 1.29 is 13.5 Å². The van der Waals surface area contributed by atoms with Gasteiger partial charge in [-0.25, -0.2) is 8.78 Å². The third-order valence-corrected chi connectivity index (χ3v) is 3.03. The molecule has 0 bridgehead atoms. The van der Waals surface area contributed by atoms with Crippen LogP contribution in [-0.4, -0.2) is 18.7 Å². The fraction of sp³-hybridized carbons (Fsp3) is 0.571. The molecule has 1 N–H and O–H groups in total. The van der Waals surface area contributed by atoms with Crippen molar-refractivity contribution in [3.05, 3.63) is 29.8 Å². The summed E-state index contributed by atoms with van der Waals surface area (Å²) in [6.07, 6.45) is 4.53. The first-order chi connectivity index (χ1) is 8.65. The predicted molar refractivity (Wildman–Crippen MR) is 66.7 cm³/mol. The first-order valence-electron chi connectivity index (χ1n) is 6.50. The molecule has 100 valence electrons. The van der Waals surface area contributed by atoms with Gasteiger partial charge in [0.25, 0.3) is 0 Å². The summed E-state index contributed by atoms with van der Waals surface area (Å²) in [5, 5.41) is 3.43. The summed E-state index contributed by atoms with van der Waals surface area (Å²) in [6.45, 7) is 2.94. The fourth-order valence-corrected chi connectivity index (χ4v) is 1.82. The van der Waals surface area contributed by atoms with Crippen molar-refractivity contribution in [1.29, 1.82) is 0 Å². The summed E-state index contributed by atoms with van der Waals surface area (Å²) in [5.41, 5.74) is 0. The van der Waals surface area contributed by atoms with Crippen LogP contribution in [0, 0.1) is 11.6 Å². The second-order valence-electron chi connectivity index (χ2n) is 4.88. The van der Waals surface area contributed by atoms with E-state index in [1.54, 1.807) is 0 Å². The van der Waals surface area contributed by atoms with Gasteiger partial charge in [0, 0.05) is 12.1 Å². The molecule has 0 saturated heterocycles. The van der Waals surface area contributed by atoms with Gasteiger partial charge in [0.2, 0.25) is 0 Å². The monoisotopic (exact) mass is 255 g/mol. The molecule has 2 rings (SSSR count). The quantitative estimate of drug-likeness (QED) is 0.755. The molecule has 1 unspecified atom stereocenters. The largest absolute Gasteiger partial charge is 0.491 e. The van der Waals surface area contributed by atoms with Crippen LogP contribution in [0.1, 0.15) is 32.6 Å². The van der Waals surface area contributed by atoms with Crippen molar-refractivity contribution >= 4 is 0 Å². The molecule has 1 aromatic carbocycles. The van der Waals surface area contributed by atoms with E-state index in [9.17, 15) is 8.78 Å². The highest BCUT2D eigenvalue weighted by Crippen LogP contribution is 2.19. The van der Waals surface area contributed by atoms with Gasteiger partial charge in [-0.2, -0.15) is 0 Å². The van der Waals surface area contributed by atoms with Gasteiger partial charge in [-0.05, 0) is 51.3 Å². The Balaban J connectivity index is 1.68. The van der Waals surface area contributed by atoms with Crippen LogP contribution in [-0.2, 0) is 0 Å². The van der Waals surface area contributed by atoms with Crippen molar-refractivity contribution in [3.63, 3.8) is 0 Å². The van der Waals surface area contributed by atoms with Gasteiger partial charge in [-0.15, -0.1) is 0 Å². The van der Waals surface area contributed by atoms with Gasteiger partial charge < -0.3 is 10.1 Å². The SMILES string of the molecule is CC(CCCNC1CC1)Oc1ccc(F)c(F)c1. The zero-order chi connectivity index (χ0) is 13.0. The van der Waals surface area contributed by atoms with E-state index in [0.717, 1.165) is 37.6 Å². The molecule has 0 heterocycles. The van der Waals surface area contributed by atoms with E-state index in [1.807, 2.05) is 6.92 Å². The smallest absolute Gasteiger partial charge is 0.162 e. The Hall–Kier alpha value is -1.16. The summed E-state index contributed by atoms with van der Waals surface area (Å²) in [7, 11) is 0. The molecule has 0 amide bonds. The van der Waals surface area contributed by atoms with Crippen molar-refractivity contribution in [3.8, 4) is 5.75 Å². The number of rotatable bonds is 7. The van der Waals surface area contributed by atoms with E-state index in [4.69, 9.17) is 4.74 Å². The van der Waals surface area contributed by atoms with Gasteiger partial charge in [-0.1, -0.05) is 0 Å². The molecule has 2 nitrogen and oxygen atoms in total. The topological polar surface area (TPSA) is 21.3 Å². The Morgan fingerprint density at radius 3 is 2.78 bits per heavy atom. The number of hydrogen-bond donors (Lipinski definition) is 1. The lowest BCUT2D eigenvalue weighted by Crippen LogP contribution is -2.20. The highest BCUT2D eigenvalue weighted by Gasteiger charge is 2.19. The maximum absolute atomic E-state index is 13.0. The Morgan fingerprint density at radius 2 is 2.11 bits per heavy atom. The van der Waals surface area contributed by atoms with Crippen molar-refractivity contribution in [2.45, 2.75) is 44.8 Å². The molecule has 1 atom stereocenters. The highest BCUT2D eigenvalue weighted by atomic mass is 19.2. The van der Waals surface area contributed by atoms with Gasteiger partial charge in [0.05, 0.1) is 6.10 Å². The van der Waals surface area contributed by atoms with E-state index in [1.165, 1.54) is 18.9 Å². The highest BCUT2D eigenvalue weighted by molar-refractivity contribution is 5.23. The third kappa shape index (κ3) is 4.26. The van der Waals surface area contributed by atoms with Crippen LogP contribution in [0.3, 0.4) is 0 Å². The van der Waals surface area contributed by atoms with Crippen molar-refractivity contribution in [2.75, 3.05) is 6.54 Å². The minimum absolute atomic E-state index is 0.0101. The molecule has 1 fully saturated rings. The van der Waals surface area contributed by atoms with Crippen LogP contribution in [0.2, 0.25) is 0 Å². The van der Waals surface area contributed by atoms with Gasteiger partial charge >= 0.3 is 0 Å².